The van der Waals surface area contributed by atoms with Gasteiger partial charge in [0.25, 0.3) is 0 Å². The lowest BCUT2D eigenvalue weighted by atomic mass is 10.1. The topological polar surface area (TPSA) is 134 Å². The van der Waals surface area contributed by atoms with Gasteiger partial charge in [-0.2, -0.15) is 0 Å². The number of nitrogens with two attached hydrogens (primary N) is 1. The van der Waals surface area contributed by atoms with Crippen molar-refractivity contribution in [2.75, 3.05) is 26.4 Å². The fraction of sp³-hybridized carbons (Fsp3) is 0.644. The third-order valence-electron chi connectivity index (χ3n) is 8.25. The second-order valence-corrected chi connectivity index (χ2v) is 14.9. The van der Waals surface area contributed by atoms with E-state index in [0.29, 0.717) is 12.8 Å². The molecule has 0 radical (unpaired) electrons. The van der Waals surface area contributed by atoms with E-state index in [0.717, 1.165) is 70.6 Å². The van der Waals surface area contributed by atoms with Crippen molar-refractivity contribution < 1.29 is 37.6 Å². The first kappa shape index (κ1) is 52.2. The molecule has 0 aliphatic carbocycles. The summed E-state index contributed by atoms with van der Waals surface area (Å²) < 4.78 is 32.7. The molecule has 0 amide bonds. The molecule has 0 bridgehead atoms. The highest BCUT2D eigenvalue weighted by molar-refractivity contribution is 7.47. The lowest BCUT2D eigenvalue weighted by Crippen LogP contribution is -2.29. The minimum atomic E-state index is -4.40. The molecule has 0 saturated heterocycles. The number of unbranched alkanes of at least 4 members (excludes halogenated alkanes) is 11. The van der Waals surface area contributed by atoms with Gasteiger partial charge in [0.15, 0.2) is 6.10 Å². The largest absolute Gasteiger partial charge is 0.472 e. The van der Waals surface area contributed by atoms with E-state index in [1.165, 1.54) is 44.9 Å². The molecule has 3 N–H and O–H groups in total. The molecule has 1 unspecified atom stereocenters. The maximum Gasteiger partial charge on any atom is 0.472 e. The number of carbonyl (C=O) groups excluding carboxylic acids is 2. The quantitative estimate of drug-likeness (QED) is 0.0271. The average molecular weight is 790 g/mol. The lowest BCUT2D eigenvalue weighted by molar-refractivity contribution is -0.161. The number of hydrogen-bond acceptors (Lipinski definition) is 8. The molecule has 0 saturated carbocycles. The zero-order valence-electron chi connectivity index (χ0n) is 34.4. The number of esters is 2. The summed E-state index contributed by atoms with van der Waals surface area (Å²) in [5.41, 5.74) is 5.34. The number of allylic oxidation sites excluding steroid dienone is 14. The third kappa shape index (κ3) is 40.7. The van der Waals surface area contributed by atoms with E-state index < -0.39 is 32.5 Å². The van der Waals surface area contributed by atoms with Crippen LogP contribution in [0, 0.1) is 0 Å². The Balaban J connectivity index is 4.32. The average Bonchev–Trinajstić information content (AvgIpc) is 3.17. The predicted molar refractivity (Wildman–Crippen MR) is 229 cm³/mol. The Labute approximate surface area is 334 Å². The highest BCUT2D eigenvalue weighted by Crippen LogP contribution is 2.43. The normalized spacial score (nSPS) is 14.2. The van der Waals surface area contributed by atoms with Crippen molar-refractivity contribution in [1.82, 2.24) is 0 Å². The van der Waals surface area contributed by atoms with E-state index in [2.05, 4.69) is 98.9 Å². The van der Waals surface area contributed by atoms with E-state index in [4.69, 9.17) is 24.3 Å². The molecule has 0 aromatic heterocycles. The van der Waals surface area contributed by atoms with Crippen molar-refractivity contribution in [2.45, 2.75) is 161 Å². The Hall–Kier alpha value is -2.81. The van der Waals surface area contributed by atoms with Crippen molar-refractivity contribution in [2.24, 2.45) is 5.73 Å². The van der Waals surface area contributed by atoms with Gasteiger partial charge in [0.05, 0.1) is 13.2 Å². The molecular weight excluding hydrogens is 713 g/mol. The minimum Gasteiger partial charge on any atom is -0.462 e. The summed E-state index contributed by atoms with van der Waals surface area (Å²) in [6.45, 7) is 3.56. The SMILES string of the molecule is CCCCC/C=C/C/C=C/C/C=C/C/C=C/CCCCCC(=O)OC[C@H](COP(=O)(O)OCCN)OC(=O)CCCC/C=C/C/C=C/C/C=C/CCCCC. The van der Waals surface area contributed by atoms with Gasteiger partial charge >= 0.3 is 19.8 Å². The van der Waals surface area contributed by atoms with Gasteiger partial charge in [-0.15, -0.1) is 0 Å². The molecule has 0 aromatic carbocycles. The van der Waals surface area contributed by atoms with Gasteiger partial charge in [-0.3, -0.25) is 18.6 Å². The maximum atomic E-state index is 12.5. The molecule has 10 heteroatoms. The fourth-order valence-corrected chi connectivity index (χ4v) is 5.86. The van der Waals surface area contributed by atoms with E-state index in [9.17, 15) is 19.0 Å². The van der Waals surface area contributed by atoms with Gasteiger partial charge in [0.2, 0.25) is 0 Å². The van der Waals surface area contributed by atoms with Crippen LogP contribution in [0.2, 0.25) is 0 Å². The standard InChI is InChI=1S/C45H76NO8P/c1-3-5-7-9-11-13-15-17-19-20-21-22-24-25-27-29-31-33-35-37-44(47)51-41-43(42-53-55(49,50)52-40-39-46)54-45(48)38-36-34-32-30-28-26-23-18-16-14-12-10-8-6-4-2/h11-14,17-19,21-23,25,27-28,30,43H,3-10,15-16,20,24,26,29,31-42,46H2,1-2H3,(H,49,50)/b13-11+,14-12+,19-17+,22-21+,23-18+,27-25+,30-28+/t43-/m1/s1. The Morgan fingerprint density at radius 1 is 0.545 bits per heavy atom. The van der Waals surface area contributed by atoms with Gasteiger partial charge < -0.3 is 20.1 Å². The first-order chi connectivity index (χ1) is 26.8. The molecule has 314 valence electrons. The summed E-state index contributed by atoms with van der Waals surface area (Å²) in [5.74, 6) is -0.919. The smallest absolute Gasteiger partial charge is 0.462 e. The molecular formula is C45H76NO8P. The molecule has 9 nitrogen and oxygen atoms in total. The number of carbonyl (C=O) groups is 2. The van der Waals surface area contributed by atoms with Crippen LogP contribution in [0.5, 0.6) is 0 Å². The van der Waals surface area contributed by atoms with Crippen LogP contribution in [0.4, 0.5) is 0 Å². The van der Waals surface area contributed by atoms with E-state index >= 15 is 0 Å². The van der Waals surface area contributed by atoms with Crippen LogP contribution in [-0.2, 0) is 32.7 Å². The summed E-state index contributed by atoms with van der Waals surface area (Å²) in [5, 5.41) is 0. The second kappa shape index (κ2) is 40.8. The van der Waals surface area contributed by atoms with Crippen LogP contribution >= 0.6 is 7.82 Å². The third-order valence-corrected chi connectivity index (χ3v) is 9.24. The summed E-state index contributed by atoms with van der Waals surface area (Å²) in [6, 6.07) is 0. The van der Waals surface area contributed by atoms with Crippen LogP contribution in [0.1, 0.15) is 155 Å². The molecule has 55 heavy (non-hydrogen) atoms. The number of phosphoric acid groups is 1. The van der Waals surface area contributed by atoms with Crippen LogP contribution in [0.15, 0.2) is 85.1 Å². The van der Waals surface area contributed by atoms with Gasteiger partial charge in [-0.1, -0.05) is 131 Å². The monoisotopic (exact) mass is 790 g/mol. The molecule has 0 aromatic rings. The van der Waals surface area contributed by atoms with Crippen molar-refractivity contribution in [3.05, 3.63) is 85.1 Å². The summed E-state index contributed by atoms with van der Waals surface area (Å²) in [7, 11) is -4.40. The first-order valence-corrected chi connectivity index (χ1v) is 22.6. The first-order valence-electron chi connectivity index (χ1n) is 21.1. The Morgan fingerprint density at radius 3 is 1.40 bits per heavy atom. The zero-order valence-corrected chi connectivity index (χ0v) is 35.3. The molecule has 0 aliphatic heterocycles. The highest BCUT2D eigenvalue weighted by atomic mass is 31.2. The van der Waals surface area contributed by atoms with E-state index in [-0.39, 0.29) is 32.6 Å². The van der Waals surface area contributed by atoms with Crippen molar-refractivity contribution >= 4 is 19.8 Å². The maximum absolute atomic E-state index is 12.5. The Bertz CT molecular complexity index is 1170. The number of phosphoric ester groups is 1. The number of ether oxygens (including phenoxy) is 2. The highest BCUT2D eigenvalue weighted by Gasteiger charge is 2.25. The predicted octanol–water partition coefficient (Wildman–Crippen LogP) is 12.0. The molecule has 0 spiro atoms. The molecule has 0 heterocycles. The summed E-state index contributed by atoms with van der Waals surface area (Å²) in [4.78, 5) is 34.8. The second-order valence-electron chi connectivity index (χ2n) is 13.5. The van der Waals surface area contributed by atoms with Crippen molar-refractivity contribution in [3.8, 4) is 0 Å². The van der Waals surface area contributed by atoms with Gasteiger partial charge in [-0.25, -0.2) is 4.57 Å². The van der Waals surface area contributed by atoms with Crippen molar-refractivity contribution in [3.63, 3.8) is 0 Å². The van der Waals surface area contributed by atoms with Gasteiger partial charge in [-0.05, 0) is 96.3 Å². The zero-order chi connectivity index (χ0) is 40.3. The molecule has 0 fully saturated rings. The summed E-state index contributed by atoms with van der Waals surface area (Å²) in [6.07, 6.45) is 50.4. The van der Waals surface area contributed by atoms with E-state index in [1.807, 2.05) is 0 Å². The molecule has 0 rings (SSSR count). The van der Waals surface area contributed by atoms with Gasteiger partial charge in [0, 0.05) is 19.4 Å². The van der Waals surface area contributed by atoms with Crippen LogP contribution in [-0.4, -0.2) is 49.3 Å². The van der Waals surface area contributed by atoms with Crippen LogP contribution < -0.4 is 5.73 Å². The number of hydrogen-bond donors (Lipinski definition) is 2. The Morgan fingerprint density at radius 2 is 0.945 bits per heavy atom. The van der Waals surface area contributed by atoms with Gasteiger partial charge in [0.1, 0.15) is 6.61 Å². The molecule has 0 aliphatic rings. The fourth-order valence-electron chi connectivity index (χ4n) is 5.09. The number of rotatable bonds is 38. The Kier molecular flexibility index (Phi) is 38.8. The van der Waals surface area contributed by atoms with Crippen molar-refractivity contribution in [1.29, 1.82) is 0 Å². The summed E-state index contributed by atoms with van der Waals surface area (Å²) >= 11 is 0. The lowest BCUT2D eigenvalue weighted by Gasteiger charge is -2.19. The molecule has 2 atom stereocenters. The van der Waals surface area contributed by atoms with Crippen LogP contribution in [0.25, 0.3) is 0 Å². The van der Waals surface area contributed by atoms with E-state index in [1.54, 1.807) is 0 Å². The van der Waals surface area contributed by atoms with Crippen LogP contribution in [0.3, 0.4) is 0 Å². The minimum absolute atomic E-state index is 0.0379.